The summed E-state index contributed by atoms with van der Waals surface area (Å²) in [4.78, 5) is 21.7. The van der Waals surface area contributed by atoms with Crippen LogP contribution >= 0.6 is 11.8 Å². The van der Waals surface area contributed by atoms with Crippen molar-refractivity contribution in [3.8, 4) is 0 Å². The summed E-state index contributed by atoms with van der Waals surface area (Å²) in [6.45, 7) is 1.25. The van der Waals surface area contributed by atoms with Gasteiger partial charge < -0.3 is 15.3 Å². The molecular formula is C12H12F2O5S. The third-order valence-corrected chi connectivity index (χ3v) is 3.38. The summed E-state index contributed by atoms with van der Waals surface area (Å²) < 4.78 is 26.1. The van der Waals surface area contributed by atoms with Gasteiger partial charge in [0.25, 0.3) is 0 Å². The number of rotatable bonds is 5. The van der Waals surface area contributed by atoms with Gasteiger partial charge in [-0.25, -0.2) is 13.6 Å². The van der Waals surface area contributed by atoms with Crippen molar-refractivity contribution in [2.24, 2.45) is 0 Å². The van der Waals surface area contributed by atoms with Gasteiger partial charge in [-0.1, -0.05) is 11.8 Å². The Morgan fingerprint density at radius 1 is 1.25 bits per heavy atom. The van der Waals surface area contributed by atoms with Crippen LogP contribution in [0.2, 0.25) is 0 Å². The van der Waals surface area contributed by atoms with Crippen molar-refractivity contribution in [2.75, 3.05) is 5.75 Å². The molecule has 5 nitrogen and oxygen atoms in total. The van der Waals surface area contributed by atoms with E-state index in [4.69, 9.17) is 5.11 Å². The minimum atomic E-state index is -1.75. The first-order chi connectivity index (χ1) is 9.23. The van der Waals surface area contributed by atoms with Crippen molar-refractivity contribution in [1.82, 2.24) is 0 Å². The van der Waals surface area contributed by atoms with E-state index in [1.807, 2.05) is 0 Å². The fourth-order valence-corrected chi connectivity index (χ4v) is 2.08. The summed E-state index contributed by atoms with van der Waals surface area (Å²) in [5, 5.41) is 28.1. The van der Waals surface area contributed by atoms with Gasteiger partial charge in [-0.3, -0.25) is 4.79 Å². The number of aromatic carboxylic acids is 1. The van der Waals surface area contributed by atoms with Gasteiger partial charge in [0.2, 0.25) is 0 Å². The number of carbonyl (C=O) groups is 2. The van der Waals surface area contributed by atoms with Gasteiger partial charge in [0.15, 0.2) is 16.7 Å². The highest BCUT2D eigenvalue weighted by Gasteiger charge is 2.26. The van der Waals surface area contributed by atoms with E-state index in [2.05, 4.69) is 0 Å². The molecule has 3 N–H and O–H groups in total. The smallest absolute Gasteiger partial charge is 0.336 e. The molecule has 1 aromatic carbocycles. The number of carboxylic acid groups (broad SMARTS) is 1. The first kappa shape index (κ1) is 16.5. The molecule has 110 valence electrons. The Balaban J connectivity index is 3.07. The zero-order valence-electron chi connectivity index (χ0n) is 10.3. The average molecular weight is 306 g/mol. The standard InChI is InChI=1S/C12H12F2O5S/c1-5(15)20-4-10(16)11(17)6-2-8(13)9(14)3-7(6)12(18)19/h2-3,10-11,16-17H,4H2,1H3,(H,18,19). The normalized spacial score (nSPS) is 13.8. The third kappa shape index (κ3) is 3.99. The molecule has 0 heterocycles. The maximum atomic E-state index is 13.1. The average Bonchev–Trinajstić information content (AvgIpc) is 2.37. The van der Waals surface area contributed by atoms with Crippen molar-refractivity contribution >= 4 is 22.8 Å². The molecule has 0 amide bonds. The Hall–Kier alpha value is -1.51. The molecule has 0 bridgehead atoms. The van der Waals surface area contributed by atoms with Gasteiger partial charge in [-0.2, -0.15) is 0 Å². The topological polar surface area (TPSA) is 94.8 Å². The molecule has 0 aromatic heterocycles. The van der Waals surface area contributed by atoms with E-state index in [-0.39, 0.29) is 10.9 Å². The lowest BCUT2D eigenvalue weighted by Crippen LogP contribution is -2.23. The van der Waals surface area contributed by atoms with Gasteiger partial charge in [0.05, 0.1) is 11.7 Å². The molecule has 20 heavy (non-hydrogen) atoms. The van der Waals surface area contributed by atoms with Crippen LogP contribution in [0.25, 0.3) is 0 Å². The van der Waals surface area contributed by atoms with Crippen LogP contribution in [0.15, 0.2) is 12.1 Å². The number of carbonyl (C=O) groups excluding carboxylic acids is 1. The zero-order valence-corrected chi connectivity index (χ0v) is 11.2. The van der Waals surface area contributed by atoms with E-state index >= 15 is 0 Å². The molecule has 1 rings (SSSR count). The molecule has 0 saturated heterocycles. The van der Waals surface area contributed by atoms with Gasteiger partial charge >= 0.3 is 5.97 Å². The molecule has 1 aromatic rings. The maximum Gasteiger partial charge on any atom is 0.336 e. The lowest BCUT2D eigenvalue weighted by molar-refractivity contribution is -0.109. The summed E-state index contributed by atoms with van der Waals surface area (Å²) >= 11 is 0.720. The maximum absolute atomic E-state index is 13.1. The minimum Gasteiger partial charge on any atom is -0.478 e. The molecule has 0 saturated carbocycles. The zero-order chi connectivity index (χ0) is 15.4. The number of benzene rings is 1. The summed E-state index contributed by atoms with van der Waals surface area (Å²) in [5.74, 6) is -4.47. The highest BCUT2D eigenvalue weighted by molar-refractivity contribution is 8.13. The van der Waals surface area contributed by atoms with Crippen molar-refractivity contribution in [1.29, 1.82) is 0 Å². The molecule has 2 atom stereocenters. The molecule has 0 aliphatic carbocycles. The van der Waals surface area contributed by atoms with Crippen molar-refractivity contribution in [3.05, 3.63) is 34.9 Å². The Kier molecular flexibility index (Phi) is 5.61. The Bertz CT molecular complexity index is 535. The monoisotopic (exact) mass is 306 g/mol. The highest BCUT2D eigenvalue weighted by atomic mass is 32.2. The van der Waals surface area contributed by atoms with Crippen LogP contribution in [-0.2, 0) is 4.79 Å². The lowest BCUT2D eigenvalue weighted by Gasteiger charge is -2.19. The summed E-state index contributed by atoms with van der Waals surface area (Å²) in [7, 11) is 0. The number of aliphatic hydroxyl groups is 2. The van der Waals surface area contributed by atoms with E-state index in [0.29, 0.717) is 12.1 Å². The number of hydrogen-bond donors (Lipinski definition) is 3. The van der Waals surface area contributed by atoms with Crippen LogP contribution in [0.3, 0.4) is 0 Å². The minimum absolute atomic E-state index is 0.200. The number of thioether (sulfide) groups is 1. The van der Waals surface area contributed by atoms with E-state index in [0.717, 1.165) is 11.8 Å². The summed E-state index contributed by atoms with van der Waals surface area (Å²) in [6.07, 6.45) is -3.24. The van der Waals surface area contributed by atoms with Crippen molar-refractivity contribution < 1.29 is 33.7 Å². The Morgan fingerprint density at radius 3 is 2.30 bits per heavy atom. The summed E-state index contributed by atoms with van der Waals surface area (Å²) in [6, 6.07) is 0.951. The number of hydrogen-bond acceptors (Lipinski definition) is 5. The first-order valence-corrected chi connectivity index (χ1v) is 6.44. The molecule has 0 spiro atoms. The van der Waals surface area contributed by atoms with Crippen molar-refractivity contribution in [2.45, 2.75) is 19.1 Å². The van der Waals surface area contributed by atoms with Crippen LogP contribution < -0.4 is 0 Å². The van der Waals surface area contributed by atoms with Crippen LogP contribution in [0, 0.1) is 11.6 Å². The van der Waals surface area contributed by atoms with Gasteiger partial charge in [-0.15, -0.1) is 0 Å². The second-order valence-corrected chi connectivity index (χ2v) is 5.17. The molecule has 0 radical (unpaired) electrons. The second kappa shape index (κ2) is 6.78. The van der Waals surface area contributed by atoms with E-state index < -0.39 is 40.9 Å². The Labute approximate surface area is 117 Å². The number of aliphatic hydroxyl groups excluding tert-OH is 2. The number of halogens is 2. The molecule has 2 unspecified atom stereocenters. The molecule has 0 aliphatic heterocycles. The van der Waals surface area contributed by atoms with Crippen molar-refractivity contribution in [3.63, 3.8) is 0 Å². The predicted octanol–water partition coefficient (Wildman–Crippen LogP) is 1.34. The third-order valence-electron chi connectivity index (χ3n) is 2.46. The second-order valence-electron chi connectivity index (χ2n) is 3.97. The largest absolute Gasteiger partial charge is 0.478 e. The van der Waals surface area contributed by atoms with E-state index in [9.17, 15) is 28.6 Å². The number of carboxylic acids is 1. The lowest BCUT2D eigenvalue weighted by atomic mass is 9.99. The van der Waals surface area contributed by atoms with Crippen LogP contribution in [0.5, 0.6) is 0 Å². The molecular weight excluding hydrogens is 294 g/mol. The van der Waals surface area contributed by atoms with Crippen LogP contribution in [0.4, 0.5) is 8.78 Å². The van der Waals surface area contributed by atoms with Gasteiger partial charge in [-0.05, 0) is 12.1 Å². The summed E-state index contributed by atoms with van der Waals surface area (Å²) in [5.41, 5.74) is -1.10. The fourth-order valence-electron chi connectivity index (χ4n) is 1.49. The van der Waals surface area contributed by atoms with E-state index in [1.165, 1.54) is 6.92 Å². The molecule has 0 fully saturated rings. The van der Waals surface area contributed by atoms with Gasteiger partial charge in [0.1, 0.15) is 6.10 Å². The highest BCUT2D eigenvalue weighted by Crippen LogP contribution is 2.26. The Morgan fingerprint density at radius 2 is 1.80 bits per heavy atom. The molecule has 0 aliphatic rings. The van der Waals surface area contributed by atoms with Crippen LogP contribution in [0.1, 0.15) is 28.9 Å². The van der Waals surface area contributed by atoms with E-state index in [1.54, 1.807) is 0 Å². The SMILES string of the molecule is CC(=O)SCC(O)C(O)c1cc(F)c(F)cc1C(=O)O. The fraction of sp³-hybridized carbons (Fsp3) is 0.333. The van der Waals surface area contributed by atoms with Gasteiger partial charge in [0, 0.05) is 18.2 Å². The molecule has 8 heteroatoms. The first-order valence-electron chi connectivity index (χ1n) is 5.45. The predicted molar refractivity (Wildman–Crippen MR) is 67.4 cm³/mol. The quantitative estimate of drug-likeness (QED) is 0.760. The van der Waals surface area contributed by atoms with Crippen LogP contribution in [-0.4, -0.2) is 38.3 Å².